The fourth-order valence-electron chi connectivity index (χ4n) is 2.22. The van der Waals surface area contributed by atoms with Crippen LogP contribution in [-0.4, -0.2) is 37.1 Å². The van der Waals surface area contributed by atoms with Crippen molar-refractivity contribution in [3.63, 3.8) is 0 Å². The Morgan fingerprint density at radius 2 is 2.20 bits per heavy atom. The Bertz CT molecular complexity index is 508. The van der Waals surface area contributed by atoms with Gasteiger partial charge in [0.05, 0.1) is 6.54 Å². The molecule has 0 aliphatic carbocycles. The summed E-state index contributed by atoms with van der Waals surface area (Å²) < 4.78 is 5.42. The van der Waals surface area contributed by atoms with Gasteiger partial charge in [-0.15, -0.1) is 0 Å². The van der Waals surface area contributed by atoms with Gasteiger partial charge in [0.2, 0.25) is 0 Å². The molecule has 2 N–H and O–H groups in total. The largest absolute Gasteiger partial charge is 0.368 e. The molecule has 0 aromatic heterocycles. The number of carbonyl (C=O) groups excluding carboxylic acids is 1. The van der Waals surface area contributed by atoms with Gasteiger partial charge < -0.3 is 15.4 Å². The predicted molar refractivity (Wildman–Crippen MR) is 77.8 cm³/mol. The highest BCUT2D eigenvalue weighted by molar-refractivity contribution is 5.80. The molecule has 1 heterocycles. The number of hydrogen-bond acceptors (Lipinski definition) is 3. The predicted octanol–water partition coefficient (Wildman–Crippen LogP) is 1.13. The molecule has 1 aliphatic heterocycles. The molecule has 1 saturated heterocycles. The van der Waals surface area contributed by atoms with Crippen LogP contribution in [0.1, 0.15) is 24.0 Å². The van der Waals surface area contributed by atoms with Crippen LogP contribution in [0.15, 0.2) is 24.3 Å². The van der Waals surface area contributed by atoms with E-state index in [9.17, 15) is 4.79 Å². The second-order valence-electron chi connectivity index (χ2n) is 4.90. The minimum absolute atomic E-state index is 0.0644. The van der Waals surface area contributed by atoms with E-state index in [0.29, 0.717) is 19.7 Å². The molecule has 4 heteroatoms. The molecule has 20 heavy (non-hydrogen) atoms. The summed E-state index contributed by atoms with van der Waals surface area (Å²) in [5, 5.41) is 0. The molecule has 1 amide bonds. The van der Waals surface area contributed by atoms with Gasteiger partial charge in [-0.2, -0.15) is 0 Å². The van der Waals surface area contributed by atoms with Crippen molar-refractivity contribution in [3.05, 3.63) is 35.4 Å². The van der Waals surface area contributed by atoms with Gasteiger partial charge in [0.25, 0.3) is 5.91 Å². The van der Waals surface area contributed by atoms with Gasteiger partial charge >= 0.3 is 0 Å². The lowest BCUT2D eigenvalue weighted by atomic mass is 10.1. The van der Waals surface area contributed by atoms with Crippen LogP contribution in [-0.2, 0) is 16.1 Å². The van der Waals surface area contributed by atoms with Crippen LogP contribution in [0.3, 0.4) is 0 Å². The van der Waals surface area contributed by atoms with Crippen molar-refractivity contribution in [2.45, 2.75) is 25.5 Å². The minimum Gasteiger partial charge on any atom is -0.368 e. The lowest BCUT2D eigenvalue weighted by Gasteiger charge is -2.20. The van der Waals surface area contributed by atoms with E-state index in [-0.39, 0.29) is 12.0 Å². The van der Waals surface area contributed by atoms with E-state index in [1.165, 1.54) is 0 Å². The van der Waals surface area contributed by atoms with Crippen LogP contribution in [0.4, 0.5) is 0 Å². The Kier molecular flexibility index (Phi) is 5.16. The highest BCUT2D eigenvalue weighted by Crippen LogP contribution is 2.15. The second-order valence-corrected chi connectivity index (χ2v) is 4.90. The number of carbonyl (C=O) groups is 1. The molecule has 0 bridgehead atoms. The van der Waals surface area contributed by atoms with E-state index in [2.05, 4.69) is 11.8 Å². The first-order chi connectivity index (χ1) is 9.70. The van der Waals surface area contributed by atoms with Crippen LogP contribution < -0.4 is 5.73 Å². The van der Waals surface area contributed by atoms with Gasteiger partial charge in [-0.3, -0.25) is 4.79 Å². The smallest absolute Gasteiger partial charge is 0.251 e. The van der Waals surface area contributed by atoms with Gasteiger partial charge in [0.15, 0.2) is 0 Å². The van der Waals surface area contributed by atoms with E-state index >= 15 is 0 Å². The summed E-state index contributed by atoms with van der Waals surface area (Å²) in [5.41, 5.74) is 7.35. The minimum atomic E-state index is -0.255. The standard InChI is InChI=1S/C16H20N2O2/c1-18(16(19)15-5-3-11-20-15)12-14-8-6-13(7-9-14)4-2-10-17/h6-9,15H,3,5,10-12,17H2,1H3. The number of rotatable bonds is 3. The van der Waals surface area contributed by atoms with E-state index in [4.69, 9.17) is 10.5 Å². The van der Waals surface area contributed by atoms with E-state index in [1.807, 2.05) is 31.3 Å². The molecule has 4 nitrogen and oxygen atoms in total. The molecule has 1 aromatic rings. The number of likely N-dealkylation sites (N-methyl/N-ethyl adjacent to an activating group) is 1. The molecule has 1 fully saturated rings. The van der Waals surface area contributed by atoms with Crippen molar-refractivity contribution in [2.24, 2.45) is 5.73 Å². The van der Waals surface area contributed by atoms with Gasteiger partial charge in [0.1, 0.15) is 6.10 Å². The van der Waals surface area contributed by atoms with Crippen LogP contribution >= 0.6 is 0 Å². The highest BCUT2D eigenvalue weighted by atomic mass is 16.5. The monoisotopic (exact) mass is 272 g/mol. The molecule has 0 radical (unpaired) electrons. The van der Waals surface area contributed by atoms with Gasteiger partial charge in [-0.1, -0.05) is 24.0 Å². The van der Waals surface area contributed by atoms with Crippen LogP contribution in [0.25, 0.3) is 0 Å². The first kappa shape index (κ1) is 14.6. The SMILES string of the molecule is CN(Cc1ccc(C#CCN)cc1)C(=O)C1CCCO1. The van der Waals surface area contributed by atoms with Crippen LogP contribution in [0.5, 0.6) is 0 Å². The maximum Gasteiger partial charge on any atom is 0.251 e. The van der Waals surface area contributed by atoms with Crippen molar-refractivity contribution in [2.75, 3.05) is 20.2 Å². The molecular weight excluding hydrogens is 252 g/mol. The summed E-state index contributed by atoms with van der Waals surface area (Å²) in [6.07, 6.45) is 1.55. The second kappa shape index (κ2) is 7.09. The Morgan fingerprint density at radius 3 is 2.80 bits per heavy atom. The topological polar surface area (TPSA) is 55.6 Å². The zero-order valence-electron chi connectivity index (χ0n) is 11.8. The molecular formula is C16H20N2O2. The molecule has 0 spiro atoms. The maximum atomic E-state index is 12.1. The Balaban J connectivity index is 1.93. The van der Waals surface area contributed by atoms with Crippen molar-refractivity contribution >= 4 is 5.91 Å². The van der Waals surface area contributed by atoms with Gasteiger partial charge in [-0.05, 0) is 30.5 Å². The maximum absolute atomic E-state index is 12.1. The quantitative estimate of drug-likeness (QED) is 0.839. The number of hydrogen-bond donors (Lipinski definition) is 1. The summed E-state index contributed by atoms with van der Waals surface area (Å²) >= 11 is 0. The van der Waals surface area contributed by atoms with E-state index in [0.717, 1.165) is 24.0 Å². The highest BCUT2D eigenvalue weighted by Gasteiger charge is 2.26. The lowest BCUT2D eigenvalue weighted by molar-refractivity contribution is -0.140. The average molecular weight is 272 g/mol. The normalized spacial score (nSPS) is 17.4. The zero-order valence-corrected chi connectivity index (χ0v) is 11.8. The molecule has 0 saturated carbocycles. The summed E-state index contributed by atoms with van der Waals surface area (Å²) in [4.78, 5) is 13.8. The van der Waals surface area contributed by atoms with Gasteiger partial charge in [-0.25, -0.2) is 0 Å². The Morgan fingerprint density at radius 1 is 1.45 bits per heavy atom. The third-order valence-electron chi connectivity index (χ3n) is 3.29. The summed E-state index contributed by atoms with van der Waals surface area (Å²) in [6, 6.07) is 7.87. The molecule has 1 aliphatic rings. The number of amides is 1. The lowest BCUT2D eigenvalue weighted by Crippen LogP contribution is -2.35. The molecule has 1 unspecified atom stereocenters. The number of nitrogens with zero attached hydrogens (tertiary/aromatic N) is 1. The third kappa shape index (κ3) is 3.83. The molecule has 1 atom stereocenters. The van der Waals surface area contributed by atoms with Crippen LogP contribution in [0.2, 0.25) is 0 Å². The number of benzene rings is 1. The molecule has 106 valence electrons. The number of nitrogens with two attached hydrogens (primary N) is 1. The van der Waals surface area contributed by atoms with E-state index in [1.54, 1.807) is 4.90 Å². The van der Waals surface area contributed by atoms with Crippen molar-refractivity contribution in [3.8, 4) is 11.8 Å². The van der Waals surface area contributed by atoms with Crippen molar-refractivity contribution in [1.82, 2.24) is 4.90 Å². The summed E-state index contributed by atoms with van der Waals surface area (Å²) in [5.74, 6) is 5.86. The van der Waals surface area contributed by atoms with Crippen molar-refractivity contribution < 1.29 is 9.53 Å². The zero-order chi connectivity index (χ0) is 14.4. The first-order valence-electron chi connectivity index (χ1n) is 6.85. The van der Waals surface area contributed by atoms with Gasteiger partial charge in [0, 0.05) is 25.8 Å². The van der Waals surface area contributed by atoms with Crippen LogP contribution in [0, 0.1) is 11.8 Å². The Labute approximate surface area is 119 Å². The fourth-order valence-corrected chi connectivity index (χ4v) is 2.22. The molecule has 1 aromatic carbocycles. The van der Waals surface area contributed by atoms with E-state index < -0.39 is 0 Å². The average Bonchev–Trinajstić information content (AvgIpc) is 3.00. The Hall–Kier alpha value is -1.83. The fraction of sp³-hybridized carbons (Fsp3) is 0.438. The third-order valence-corrected chi connectivity index (χ3v) is 3.29. The summed E-state index contributed by atoms with van der Waals surface area (Å²) in [6.45, 7) is 1.64. The number of ether oxygens (including phenoxy) is 1. The van der Waals surface area contributed by atoms with Crippen molar-refractivity contribution in [1.29, 1.82) is 0 Å². The first-order valence-corrected chi connectivity index (χ1v) is 6.85. The summed E-state index contributed by atoms with van der Waals surface area (Å²) in [7, 11) is 1.81. The molecule has 2 rings (SSSR count).